The standard InChI is InChI=1S/C14H26F3NO/c1-11(2)18(9-14(15,16)17)8-13(10-19)6-4-5-12(3)7-13/h11-12,19H,4-10H2,1-3H3. The zero-order valence-electron chi connectivity index (χ0n) is 12.1. The van der Waals surface area contributed by atoms with E-state index in [1.165, 1.54) is 4.90 Å². The summed E-state index contributed by atoms with van der Waals surface area (Å²) in [5, 5.41) is 9.68. The molecule has 0 spiro atoms. The van der Waals surface area contributed by atoms with Gasteiger partial charge in [-0.15, -0.1) is 0 Å². The summed E-state index contributed by atoms with van der Waals surface area (Å²) >= 11 is 0. The molecular weight excluding hydrogens is 255 g/mol. The Morgan fingerprint density at radius 3 is 2.42 bits per heavy atom. The Balaban J connectivity index is 2.75. The van der Waals surface area contributed by atoms with Gasteiger partial charge in [0.25, 0.3) is 0 Å². The molecule has 0 heterocycles. The maximum Gasteiger partial charge on any atom is 0.401 e. The second kappa shape index (κ2) is 6.44. The Morgan fingerprint density at radius 1 is 1.37 bits per heavy atom. The van der Waals surface area contributed by atoms with Crippen LogP contribution in [0.5, 0.6) is 0 Å². The van der Waals surface area contributed by atoms with Gasteiger partial charge in [0.2, 0.25) is 0 Å². The minimum absolute atomic E-state index is 0.0155. The van der Waals surface area contributed by atoms with Gasteiger partial charge in [0.05, 0.1) is 6.54 Å². The molecule has 1 aliphatic carbocycles. The summed E-state index contributed by atoms with van der Waals surface area (Å²) in [6, 6.07) is -0.165. The first-order valence-corrected chi connectivity index (χ1v) is 7.09. The highest BCUT2D eigenvalue weighted by Gasteiger charge is 2.39. The molecule has 0 amide bonds. The molecule has 0 radical (unpaired) electrons. The van der Waals surface area contributed by atoms with E-state index in [2.05, 4.69) is 6.92 Å². The molecule has 1 aliphatic rings. The highest BCUT2D eigenvalue weighted by atomic mass is 19.4. The van der Waals surface area contributed by atoms with Crippen LogP contribution >= 0.6 is 0 Å². The third-order valence-electron chi connectivity index (χ3n) is 4.17. The van der Waals surface area contributed by atoms with E-state index in [1.807, 2.05) is 0 Å². The molecule has 0 aromatic heterocycles. The van der Waals surface area contributed by atoms with Crippen molar-refractivity contribution < 1.29 is 18.3 Å². The lowest BCUT2D eigenvalue weighted by Gasteiger charge is -2.43. The molecule has 1 rings (SSSR count). The smallest absolute Gasteiger partial charge is 0.396 e. The van der Waals surface area contributed by atoms with E-state index < -0.39 is 12.7 Å². The molecule has 2 unspecified atom stereocenters. The first-order chi connectivity index (χ1) is 8.67. The molecule has 1 N–H and O–H groups in total. The molecule has 1 fully saturated rings. The van der Waals surface area contributed by atoms with Crippen LogP contribution in [0.3, 0.4) is 0 Å². The van der Waals surface area contributed by atoms with Gasteiger partial charge in [0.15, 0.2) is 0 Å². The maximum absolute atomic E-state index is 12.6. The number of hydrogen-bond acceptors (Lipinski definition) is 2. The first-order valence-electron chi connectivity index (χ1n) is 7.09. The molecule has 0 bridgehead atoms. The van der Waals surface area contributed by atoms with E-state index in [-0.39, 0.29) is 18.1 Å². The van der Waals surface area contributed by atoms with Gasteiger partial charge in [-0.1, -0.05) is 19.8 Å². The zero-order chi connectivity index (χ0) is 14.7. The van der Waals surface area contributed by atoms with Crippen LogP contribution in [0.4, 0.5) is 13.2 Å². The number of nitrogens with zero attached hydrogens (tertiary/aromatic N) is 1. The number of halogens is 3. The predicted molar refractivity (Wildman–Crippen MR) is 69.9 cm³/mol. The zero-order valence-corrected chi connectivity index (χ0v) is 12.1. The second-order valence-electron chi connectivity index (χ2n) is 6.47. The quantitative estimate of drug-likeness (QED) is 0.834. The van der Waals surface area contributed by atoms with Crippen LogP contribution in [-0.4, -0.2) is 41.9 Å². The third kappa shape index (κ3) is 5.30. The largest absolute Gasteiger partial charge is 0.401 e. The SMILES string of the molecule is CC1CCCC(CO)(CN(CC(F)(F)F)C(C)C)C1. The Morgan fingerprint density at radius 2 is 2.00 bits per heavy atom. The fourth-order valence-corrected chi connectivity index (χ4v) is 3.19. The van der Waals surface area contributed by atoms with Crippen LogP contribution in [0.15, 0.2) is 0 Å². The number of rotatable bonds is 5. The van der Waals surface area contributed by atoms with E-state index in [9.17, 15) is 18.3 Å². The number of aliphatic hydroxyl groups is 1. The van der Waals surface area contributed by atoms with E-state index in [4.69, 9.17) is 0 Å². The van der Waals surface area contributed by atoms with Crippen LogP contribution in [0.2, 0.25) is 0 Å². The lowest BCUT2D eigenvalue weighted by molar-refractivity contribution is -0.155. The highest BCUT2D eigenvalue weighted by molar-refractivity contribution is 4.89. The Bertz CT molecular complexity index is 280. The minimum atomic E-state index is -4.18. The number of hydrogen-bond donors (Lipinski definition) is 1. The van der Waals surface area contributed by atoms with Gasteiger partial charge in [-0.05, 0) is 32.6 Å². The average molecular weight is 281 g/mol. The molecule has 0 saturated heterocycles. The lowest BCUT2D eigenvalue weighted by atomic mass is 9.70. The van der Waals surface area contributed by atoms with Crippen molar-refractivity contribution in [3.05, 3.63) is 0 Å². The highest BCUT2D eigenvalue weighted by Crippen LogP contribution is 2.40. The summed E-state index contributed by atoms with van der Waals surface area (Å²) in [6.07, 6.45) is -0.414. The Kier molecular flexibility index (Phi) is 5.68. The second-order valence-corrected chi connectivity index (χ2v) is 6.47. The van der Waals surface area contributed by atoms with Gasteiger partial charge in [-0.3, -0.25) is 4.90 Å². The topological polar surface area (TPSA) is 23.5 Å². The third-order valence-corrected chi connectivity index (χ3v) is 4.17. The molecule has 5 heteroatoms. The first kappa shape index (κ1) is 16.8. The predicted octanol–water partition coefficient (Wildman–Crippen LogP) is 3.45. The van der Waals surface area contributed by atoms with Crippen molar-refractivity contribution in [3.63, 3.8) is 0 Å². The van der Waals surface area contributed by atoms with E-state index >= 15 is 0 Å². The van der Waals surface area contributed by atoms with Crippen LogP contribution in [0.1, 0.15) is 46.5 Å². The van der Waals surface area contributed by atoms with E-state index in [1.54, 1.807) is 13.8 Å². The number of alkyl halides is 3. The van der Waals surface area contributed by atoms with Crippen LogP contribution in [0, 0.1) is 11.3 Å². The van der Waals surface area contributed by atoms with Crippen LogP contribution < -0.4 is 0 Å². The Hall–Kier alpha value is -0.290. The van der Waals surface area contributed by atoms with Gasteiger partial charge < -0.3 is 5.11 Å². The molecule has 19 heavy (non-hydrogen) atoms. The van der Waals surface area contributed by atoms with Gasteiger partial charge in [0.1, 0.15) is 0 Å². The van der Waals surface area contributed by atoms with Crippen molar-refractivity contribution in [2.24, 2.45) is 11.3 Å². The van der Waals surface area contributed by atoms with E-state index in [0.717, 1.165) is 25.7 Å². The van der Waals surface area contributed by atoms with Crippen molar-refractivity contribution in [2.75, 3.05) is 19.7 Å². The summed E-state index contributed by atoms with van der Waals surface area (Å²) in [4.78, 5) is 1.45. The summed E-state index contributed by atoms with van der Waals surface area (Å²) in [6.45, 7) is 5.11. The van der Waals surface area contributed by atoms with E-state index in [0.29, 0.717) is 12.5 Å². The fraction of sp³-hybridized carbons (Fsp3) is 1.00. The minimum Gasteiger partial charge on any atom is -0.396 e. The maximum atomic E-state index is 12.6. The summed E-state index contributed by atoms with van der Waals surface area (Å²) < 4.78 is 37.9. The van der Waals surface area contributed by atoms with Crippen LogP contribution in [0.25, 0.3) is 0 Å². The van der Waals surface area contributed by atoms with Crippen LogP contribution in [-0.2, 0) is 0 Å². The van der Waals surface area contributed by atoms with Gasteiger partial charge >= 0.3 is 6.18 Å². The Labute approximate surface area is 114 Å². The van der Waals surface area contributed by atoms with Crippen molar-refractivity contribution in [1.82, 2.24) is 4.90 Å². The van der Waals surface area contributed by atoms with Crippen molar-refractivity contribution >= 4 is 0 Å². The molecule has 2 nitrogen and oxygen atoms in total. The van der Waals surface area contributed by atoms with Crippen molar-refractivity contribution in [3.8, 4) is 0 Å². The fourth-order valence-electron chi connectivity index (χ4n) is 3.19. The average Bonchev–Trinajstić information content (AvgIpc) is 2.26. The van der Waals surface area contributed by atoms with Gasteiger partial charge in [-0.25, -0.2) is 0 Å². The summed E-state index contributed by atoms with van der Waals surface area (Å²) in [5.41, 5.74) is -0.354. The normalized spacial score (nSPS) is 29.2. The molecule has 0 aromatic carbocycles. The summed E-state index contributed by atoms with van der Waals surface area (Å²) in [5.74, 6) is 0.487. The van der Waals surface area contributed by atoms with Crippen molar-refractivity contribution in [2.45, 2.75) is 58.7 Å². The molecule has 0 aromatic rings. The molecular formula is C14H26F3NO. The number of aliphatic hydroxyl groups excluding tert-OH is 1. The monoisotopic (exact) mass is 281 g/mol. The molecule has 0 aliphatic heterocycles. The lowest BCUT2D eigenvalue weighted by Crippen LogP contribution is -2.48. The summed E-state index contributed by atoms with van der Waals surface area (Å²) in [7, 11) is 0. The molecule has 114 valence electrons. The molecule has 2 atom stereocenters. The molecule has 1 saturated carbocycles. The van der Waals surface area contributed by atoms with Gasteiger partial charge in [-0.2, -0.15) is 13.2 Å². The van der Waals surface area contributed by atoms with Gasteiger partial charge in [0, 0.05) is 24.6 Å². The van der Waals surface area contributed by atoms with Crippen molar-refractivity contribution in [1.29, 1.82) is 0 Å².